The van der Waals surface area contributed by atoms with Gasteiger partial charge in [-0.05, 0) is 43.2 Å². The van der Waals surface area contributed by atoms with Crippen molar-refractivity contribution in [3.8, 4) is 0 Å². The van der Waals surface area contributed by atoms with E-state index in [4.69, 9.17) is 4.42 Å². The van der Waals surface area contributed by atoms with Gasteiger partial charge in [0.1, 0.15) is 5.82 Å². The van der Waals surface area contributed by atoms with Crippen molar-refractivity contribution in [3.05, 3.63) is 76.9 Å². The van der Waals surface area contributed by atoms with E-state index < -0.39 is 17.6 Å². The molecular formula is C28H29F3N8O2. The number of para-hydroxylation sites is 1. The van der Waals surface area contributed by atoms with E-state index in [2.05, 4.69) is 30.6 Å². The molecule has 0 spiro atoms. The van der Waals surface area contributed by atoms with Gasteiger partial charge in [-0.15, -0.1) is 0 Å². The standard InChI is InChI=1S/C28H29F3N8O2/c1-4-22-33-25(37-27-32-16-21(41-27)24(40)35-23-17(2)7-5-8-18(23)3)36-26(34-22)39-13-11-38(12-14-39)20-10-6-9-19(15-20)28(29,30)31/h5-10,15-16H,4,11-14H2,1-3H3,(H,35,40)(H,32,33,34,36,37). The van der Waals surface area contributed by atoms with Gasteiger partial charge in [0.25, 0.3) is 5.91 Å². The Morgan fingerprint density at radius 2 is 1.66 bits per heavy atom. The van der Waals surface area contributed by atoms with E-state index in [0.717, 1.165) is 17.2 Å². The number of nitrogens with one attached hydrogen (secondary N) is 2. The molecule has 0 bridgehead atoms. The molecule has 0 unspecified atom stereocenters. The summed E-state index contributed by atoms with van der Waals surface area (Å²) in [6.07, 6.45) is -2.53. The maximum absolute atomic E-state index is 13.2. The minimum absolute atomic E-state index is 0.0193. The van der Waals surface area contributed by atoms with E-state index >= 15 is 0 Å². The van der Waals surface area contributed by atoms with Crippen LogP contribution in [0, 0.1) is 13.8 Å². The van der Waals surface area contributed by atoms with Crippen molar-refractivity contribution < 1.29 is 22.4 Å². The number of alkyl halides is 3. The lowest BCUT2D eigenvalue weighted by atomic mass is 10.1. The average Bonchev–Trinajstić information content (AvgIpc) is 3.43. The zero-order valence-electron chi connectivity index (χ0n) is 22.8. The number of nitrogens with zero attached hydrogens (tertiary/aromatic N) is 6. The van der Waals surface area contributed by atoms with Crippen LogP contribution in [-0.2, 0) is 12.6 Å². The number of aromatic nitrogens is 4. The second-order valence-corrected chi connectivity index (χ2v) is 9.63. The van der Waals surface area contributed by atoms with Crippen LogP contribution in [0.15, 0.2) is 53.1 Å². The molecule has 0 saturated carbocycles. The first-order valence-corrected chi connectivity index (χ1v) is 13.1. The summed E-state index contributed by atoms with van der Waals surface area (Å²) in [6.45, 7) is 7.73. The Hall–Kier alpha value is -4.68. The van der Waals surface area contributed by atoms with Crippen LogP contribution in [-0.4, -0.2) is 52.0 Å². The summed E-state index contributed by atoms with van der Waals surface area (Å²) in [6, 6.07) is 11.1. The van der Waals surface area contributed by atoms with Gasteiger partial charge in [-0.3, -0.25) is 10.1 Å². The summed E-state index contributed by atoms with van der Waals surface area (Å²) in [5, 5.41) is 5.77. The third kappa shape index (κ3) is 6.39. The molecule has 5 rings (SSSR count). The third-order valence-electron chi connectivity index (χ3n) is 6.76. The summed E-state index contributed by atoms with van der Waals surface area (Å²) >= 11 is 0. The fraction of sp³-hybridized carbons (Fsp3) is 0.321. The lowest BCUT2D eigenvalue weighted by Crippen LogP contribution is -2.47. The number of carbonyl (C=O) groups excluding carboxylic acids is 1. The lowest BCUT2D eigenvalue weighted by Gasteiger charge is -2.36. The molecule has 214 valence electrons. The first-order valence-electron chi connectivity index (χ1n) is 13.1. The number of hydrogen-bond acceptors (Lipinski definition) is 9. The van der Waals surface area contributed by atoms with Crippen molar-refractivity contribution in [2.24, 2.45) is 0 Å². The molecule has 0 radical (unpaired) electrons. The quantitative estimate of drug-likeness (QED) is 0.304. The van der Waals surface area contributed by atoms with E-state index in [9.17, 15) is 18.0 Å². The van der Waals surface area contributed by atoms with E-state index in [1.54, 1.807) is 6.07 Å². The number of carbonyl (C=O) groups is 1. The smallest absolute Gasteiger partial charge is 0.416 e. The highest BCUT2D eigenvalue weighted by molar-refractivity contribution is 6.03. The Labute approximate surface area is 234 Å². The van der Waals surface area contributed by atoms with Crippen LogP contribution >= 0.6 is 0 Å². The van der Waals surface area contributed by atoms with Crippen molar-refractivity contribution in [2.45, 2.75) is 33.4 Å². The molecule has 10 nitrogen and oxygen atoms in total. The number of benzene rings is 2. The van der Waals surface area contributed by atoms with Crippen LogP contribution < -0.4 is 20.4 Å². The molecule has 41 heavy (non-hydrogen) atoms. The highest BCUT2D eigenvalue weighted by Crippen LogP contribution is 2.32. The molecule has 13 heteroatoms. The zero-order chi connectivity index (χ0) is 29.1. The Balaban J connectivity index is 1.26. The summed E-state index contributed by atoms with van der Waals surface area (Å²) in [5.41, 5.74) is 2.42. The summed E-state index contributed by atoms with van der Waals surface area (Å²) in [5.74, 6) is 0.758. The fourth-order valence-electron chi connectivity index (χ4n) is 4.53. The number of hydrogen-bond donors (Lipinski definition) is 2. The van der Waals surface area contributed by atoms with E-state index in [0.29, 0.717) is 55.7 Å². The van der Waals surface area contributed by atoms with Gasteiger partial charge in [0.15, 0.2) is 0 Å². The maximum atomic E-state index is 13.2. The molecule has 1 amide bonds. The minimum atomic E-state index is -4.39. The molecular weight excluding hydrogens is 537 g/mol. The van der Waals surface area contributed by atoms with Gasteiger partial charge in [-0.1, -0.05) is 31.2 Å². The molecule has 1 fully saturated rings. The summed E-state index contributed by atoms with van der Waals surface area (Å²) < 4.78 is 45.1. The molecule has 3 heterocycles. The number of halogens is 3. The van der Waals surface area contributed by atoms with Crippen LogP contribution in [0.3, 0.4) is 0 Å². The molecule has 2 N–H and O–H groups in total. The first-order chi connectivity index (χ1) is 19.6. The topological polar surface area (TPSA) is 112 Å². The molecule has 0 atom stereocenters. The first kappa shape index (κ1) is 27.9. The summed E-state index contributed by atoms with van der Waals surface area (Å²) in [7, 11) is 0. The second kappa shape index (κ2) is 11.4. The van der Waals surface area contributed by atoms with Crippen LogP contribution in [0.5, 0.6) is 0 Å². The zero-order valence-corrected chi connectivity index (χ0v) is 22.8. The normalized spacial score (nSPS) is 13.8. The number of piperazine rings is 1. The Bertz CT molecular complexity index is 1530. The Kier molecular flexibility index (Phi) is 7.77. The van der Waals surface area contributed by atoms with Crippen molar-refractivity contribution in [3.63, 3.8) is 0 Å². The van der Waals surface area contributed by atoms with Gasteiger partial charge in [0, 0.05) is 44.0 Å². The monoisotopic (exact) mass is 566 g/mol. The number of rotatable bonds is 7. The van der Waals surface area contributed by atoms with Crippen molar-refractivity contribution >= 4 is 35.2 Å². The van der Waals surface area contributed by atoms with Gasteiger partial charge in [0.2, 0.25) is 17.7 Å². The lowest BCUT2D eigenvalue weighted by molar-refractivity contribution is -0.137. The van der Waals surface area contributed by atoms with Crippen LogP contribution in [0.2, 0.25) is 0 Å². The minimum Gasteiger partial charge on any atom is -0.418 e. The summed E-state index contributed by atoms with van der Waals surface area (Å²) in [4.78, 5) is 34.2. The van der Waals surface area contributed by atoms with Crippen molar-refractivity contribution in [1.29, 1.82) is 0 Å². The van der Waals surface area contributed by atoms with E-state index in [1.165, 1.54) is 18.3 Å². The number of oxazole rings is 1. The van der Waals surface area contributed by atoms with Gasteiger partial charge in [0.05, 0.1) is 11.8 Å². The molecule has 1 saturated heterocycles. The molecule has 2 aromatic heterocycles. The van der Waals surface area contributed by atoms with Gasteiger partial charge in [-0.25, -0.2) is 4.98 Å². The Morgan fingerprint density at radius 1 is 0.976 bits per heavy atom. The maximum Gasteiger partial charge on any atom is 0.416 e. The van der Waals surface area contributed by atoms with E-state index in [-0.39, 0.29) is 17.7 Å². The average molecular weight is 567 g/mol. The largest absolute Gasteiger partial charge is 0.418 e. The van der Waals surface area contributed by atoms with Gasteiger partial charge >= 0.3 is 12.2 Å². The predicted octanol–water partition coefficient (Wildman–Crippen LogP) is 5.38. The highest BCUT2D eigenvalue weighted by Gasteiger charge is 2.31. The predicted molar refractivity (Wildman–Crippen MR) is 149 cm³/mol. The third-order valence-corrected chi connectivity index (χ3v) is 6.76. The van der Waals surface area contributed by atoms with Crippen molar-refractivity contribution in [2.75, 3.05) is 46.6 Å². The molecule has 1 aliphatic heterocycles. The van der Waals surface area contributed by atoms with Crippen LogP contribution in [0.1, 0.15) is 40.0 Å². The highest BCUT2D eigenvalue weighted by atomic mass is 19.4. The second-order valence-electron chi connectivity index (χ2n) is 9.63. The number of aryl methyl sites for hydroxylation is 3. The molecule has 1 aliphatic rings. The van der Waals surface area contributed by atoms with Crippen LogP contribution in [0.4, 0.5) is 42.5 Å². The Morgan fingerprint density at radius 3 is 2.34 bits per heavy atom. The van der Waals surface area contributed by atoms with Crippen LogP contribution in [0.25, 0.3) is 0 Å². The number of amides is 1. The SMILES string of the molecule is CCc1nc(Nc2ncc(C(=O)Nc3c(C)cccc3C)o2)nc(N2CCN(c3cccc(C(F)(F)F)c3)CC2)n1. The molecule has 4 aromatic rings. The van der Waals surface area contributed by atoms with Crippen molar-refractivity contribution in [1.82, 2.24) is 19.9 Å². The molecule has 0 aliphatic carbocycles. The van der Waals surface area contributed by atoms with Gasteiger partial charge < -0.3 is 19.5 Å². The number of anilines is 5. The van der Waals surface area contributed by atoms with E-state index in [1.807, 2.05) is 48.8 Å². The molecule has 2 aromatic carbocycles. The fourth-order valence-corrected chi connectivity index (χ4v) is 4.53. The van der Waals surface area contributed by atoms with Gasteiger partial charge in [-0.2, -0.15) is 28.1 Å².